The third kappa shape index (κ3) is 4.98. The van der Waals surface area contributed by atoms with Crippen LogP contribution in [0.4, 0.5) is 0 Å². The lowest BCUT2D eigenvalue weighted by Crippen LogP contribution is -2.40. The normalized spacial score (nSPS) is 19.3. The topological polar surface area (TPSA) is 49.3 Å². The van der Waals surface area contributed by atoms with Crippen LogP contribution in [0.15, 0.2) is 11.2 Å². The van der Waals surface area contributed by atoms with E-state index in [1.54, 1.807) is 11.3 Å². The Hall–Kier alpha value is -0.750. The van der Waals surface area contributed by atoms with Crippen LogP contribution in [0, 0.1) is 0 Å². The molecule has 1 aliphatic heterocycles. The minimum atomic E-state index is 0.664. The van der Waals surface area contributed by atoms with Crippen LogP contribution < -0.4 is 10.6 Å². The summed E-state index contributed by atoms with van der Waals surface area (Å²) < 4.78 is 0. The number of thiazole rings is 1. The van der Waals surface area contributed by atoms with Crippen molar-refractivity contribution in [3.8, 4) is 0 Å². The molecule has 0 spiro atoms. The van der Waals surface area contributed by atoms with Gasteiger partial charge in [0.25, 0.3) is 0 Å². The highest BCUT2D eigenvalue weighted by molar-refractivity contribution is 8.00. The molecule has 0 radical (unpaired) electrons. The summed E-state index contributed by atoms with van der Waals surface area (Å²) in [5.41, 5.74) is 0. The molecule has 2 heterocycles. The van der Waals surface area contributed by atoms with Gasteiger partial charge in [-0.1, -0.05) is 6.92 Å². The van der Waals surface area contributed by atoms with Crippen molar-refractivity contribution in [3.05, 3.63) is 16.1 Å². The van der Waals surface area contributed by atoms with Gasteiger partial charge in [0.1, 0.15) is 5.01 Å². The second kappa shape index (κ2) is 8.52. The minimum absolute atomic E-state index is 0.664. The molecule has 0 bridgehead atoms. The Balaban J connectivity index is 1.83. The fourth-order valence-electron chi connectivity index (χ4n) is 2.09. The van der Waals surface area contributed by atoms with E-state index in [4.69, 9.17) is 0 Å². The molecular formula is C14H24N4S2. The van der Waals surface area contributed by atoms with Crippen LogP contribution in [0.3, 0.4) is 0 Å². The molecule has 0 aliphatic carbocycles. The van der Waals surface area contributed by atoms with Gasteiger partial charge in [-0.25, -0.2) is 9.98 Å². The zero-order chi connectivity index (χ0) is 14.2. The van der Waals surface area contributed by atoms with Crippen LogP contribution in [0.25, 0.3) is 0 Å². The number of hydrogen-bond acceptors (Lipinski definition) is 4. The molecule has 2 N–H and O–H groups in total. The van der Waals surface area contributed by atoms with E-state index in [2.05, 4.69) is 46.2 Å². The number of nitrogens with one attached hydrogen (secondary N) is 2. The molecule has 1 fully saturated rings. The van der Waals surface area contributed by atoms with Crippen molar-refractivity contribution in [2.75, 3.05) is 18.8 Å². The van der Waals surface area contributed by atoms with Gasteiger partial charge >= 0.3 is 0 Å². The van der Waals surface area contributed by atoms with Crippen LogP contribution in [0.5, 0.6) is 0 Å². The third-order valence-electron chi connectivity index (χ3n) is 3.19. The second-order valence-electron chi connectivity index (χ2n) is 4.78. The highest BCUT2D eigenvalue weighted by Crippen LogP contribution is 2.25. The summed E-state index contributed by atoms with van der Waals surface area (Å²) in [4.78, 5) is 10.4. The predicted molar refractivity (Wildman–Crippen MR) is 89.8 cm³/mol. The first-order chi connectivity index (χ1) is 9.81. The number of aliphatic imine (C=N–C) groups is 1. The Morgan fingerprint density at radius 1 is 1.45 bits per heavy atom. The molecule has 4 nitrogen and oxygen atoms in total. The summed E-state index contributed by atoms with van der Waals surface area (Å²) in [5, 5.41) is 8.59. The van der Waals surface area contributed by atoms with E-state index in [9.17, 15) is 0 Å². The SMILES string of the molecule is CCNC(=NCc1ncc(CC)s1)NCC1CCCS1. The van der Waals surface area contributed by atoms with Crippen molar-refractivity contribution in [1.82, 2.24) is 15.6 Å². The molecule has 0 aromatic carbocycles. The second-order valence-corrected chi connectivity index (χ2v) is 7.39. The lowest BCUT2D eigenvalue weighted by molar-refractivity contribution is 0.727. The molecule has 6 heteroatoms. The Labute approximate surface area is 129 Å². The Bertz CT molecular complexity index is 425. The molecule has 0 saturated carbocycles. The van der Waals surface area contributed by atoms with Gasteiger partial charge in [-0.05, 0) is 31.9 Å². The van der Waals surface area contributed by atoms with Gasteiger partial charge in [-0.15, -0.1) is 11.3 Å². The number of thioether (sulfide) groups is 1. The molecule has 1 aromatic heterocycles. The summed E-state index contributed by atoms with van der Waals surface area (Å²) in [6.45, 7) is 6.82. The van der Waals surface area contributed by atoms with Gasteiger partial charge in [0.2, 0.25) is 0 Å². The first-order valence-electron chi connectivity index (χ1n) is 7.39. The van der Waals surface area contributed by atoms with E-state index in [0.717, 1.165) is 35.7 Å². The fraction of sp³-hybridized carbons (Fsp3) is 0.714. The predicted octanol–water partition coefficient (Wildman–Crippen LogP) is 2.66. The van der Waals surface area contributed by atoms with Gasteiger partial charge in [0.05, 0.1) is 6.54 Å². The van der Waals surface area contributed by atoms with E-state index in [1.165, 1.54) is 23.5 Å². The number of hydrogen-bond donors (Lipinski definition) is 2. The molecule has 1 atom stereocenters. The average molecular weight is 313 g/mol. The molecule has 1 aliphatic rings. The van der Waals surface area contributed by atoms with Crippen LogP contribution >= 0.6 is 23.1 Å². The van der Waals surface area contributed by atoms with Crippen molar-refractivity contribution >= 4 is 29.1 Å². The van der Waals surface area contributed by atoms with Crippen LogP contribution in [0.2, 0.25) is 0 Å². The minimum Gasteiger partial charge on any atom is -0.357 e. The molecule has 1 saturated heterocycles. The fourth-order valence-corrected chi connectivity index (χ4v) is 4.08. The van der Waals surface area contributed by atoms with Gasteiger partial charge in [0, 0.05) is 29.4 Å². The molecular weight excluding hydrogens is 288 g/mol. The first kappa shape index (κ1) is 15.6. The van der Waals surface area contributed by atoms with Gasteiger partial charge in [0.15, 0.2) is 5.96 Å². The number of nitrogens with zero attached hydrogens (tertiary/aromatic N) is 2. The van der Waals surface area contributed by atoms with Gasteiger partial charge < -0.3 is 10.6 Å². The largest absolute Gasteiger partial charge is 0.357 e. The van der Waals surface area contributed by atoms with E-state index in [-0.39, 0.29) is 0 Å². The van der Waals surface area contributed by atoms with Gasteiger partial charge in [-0.2, -0.15) is 11.8 Å². The quantitative estimate of drug-likeness (QED) is 0.626. The maximum Gasteiger partial charge on any atom is 0.191 e. The monoisotopic (exact) mass is 312 g/mol. The number of guanidine groups is 1. The molecule has 1 unspecified atom stereocenters. The maximum absolute atomic E-state index is 4.63. The lowest BCUT2D eigenvalue weighted by Gasteiger charge is -2.14. The zero-order valence-electron chi connectivity index (χ0n) is 12.3. The molecule has 112 valence electrons. The van der Waals surface area contributed by atoms with Crippen LogP contribution in [0.1, 0.15) is 36.6 Å². The molecule has 20 heavy (non-hydrogen) atoms. The Morgan fingerprint density at radius 2 is 2.35 bits per heavy atom. The first-order valence-corrected chi connectivity index (χ1v) is 9.25. The van der Waals surface area contributed by atoms with E-state index >= 15 is 0 Å². The Kier molecular flexibility index (Phi) is 6.66. The van der Waals surface area contributed by atoms with Crippen molar-refractivity contribution in [1.29, 1.82) is 0 Å². The molecule has 0 amide bonds. The number of rotatable bonds is 6. The summed E-state index contributed by atoms with van der Waals surface area (Å²) in [5.74, 6) is 2.21. The van der Waals surface area contributed by atoms with Crippen molar-refractivity contribution in [2.45, 2.75) is 44.9 Å². The average Bonchev–Trinajstić information content (AvgIpc) is 3.13. The lowest BCUT2D eigenvalue weighted by atomic mass is 10.2. The van der Waals surface area contributed by atoms with E-state index in [0.29, 0.717) is 6.54 Å². The van der Waals surface area contributed by atoms with Crippen molar-refractivity contribution in [3.63, 3.8) is 0 Å². The summed E-state index contributed by atoms with van der Waals surface area (Å²) in [7, 11) is 0. The standard InChI is InChI=1S/C14H24N4S2/c1-3-11-8-16-13(20-11)10-18-14(15-4-2)17-9-12-6-5-7-19-12/h8,12H,3-7,9-10H2,1-2H3,(H2,15,17,18). The highest BCUT2D eigenvalue weighted by atomic mass is 32.2. The molecule has 1 aromatic rings. The number of aryl methyl sites for hydroxylation is 1. The Morgan fingerprint density at radius 3 is 3.00 bits per heavy atom. The van der Waals surface area contributed by atoms with E-state index in [1.807, 2.05) is 6.20 Å². The molecule has 2 rings (SSSR count). The summed E-state index contributed by atoms with van der Waals surface area (Å²) in [6.07, 6.45) is 5.69. The van der Waals surface area contributed by atoms with Crippen molar-refractivity contribution in [2.24, 2.45) is 4.99 Å². The van der Waals surface area contributed by atoms with Crippen LogP contribution in [-0.4, -0.2) is 35.0 Å². The third-order valence-corrected chi connectivity index (χ3v) is 5.71. The number of aromatic nitrogens is 1. The van der Waals surface area contributed by atoms with Crippen molar-refractivity contribution < 1.29 is 0 Å². The smallest absolute Gasteiger partial charge is 0.191 e. The maximum atomic E-state index is 4.63. The van der Waals surface area contributed by atoms with Gasteiger partial charge in [-0.3, -0.25) is 0 Å². The summed E-state index contributed by atoms with van der Waals surface area (Å²) >= 11 is 3.83. The van der Waals surface area contributed by atoms with Crippen LogP contribution in [-0.2, 0) is 13.0 Å². The van der Waals surface area contributed by atoms with E-state index < -0.39 is 0 Å². The zero-order valence-corrected chi connectivity index (χ0v) is 13.9. The summed E-state index contributed by atoms with van der Waals surface area (Å²) in [6, 6.07) is 0. The highest BCUT2D eigenvalue weighted by Gasteiger charge is 2.15.